The molecule has 0 aromatic carbocycles. The van der Waals surface area contributed by atoms with Gasteiger partial charge in [-0.3, -0.25) is 4.79 Å². The average molecular weight is 222 g/mol. The monoisotopic (exact) mass is 221 g/mol. The second-order valence-corrected chi connectivity index (χ2v) is 3.51. The van der Waals surface area contributed by atoms with Crippen LogP contribution in [0.2, 0.25) is 0 Å². The van der Waals surface area contributed by atoms with Crippen LogP contribution in [0, 0.1) is 0 Å². The predicted octanol–water partition coefficient (Wildman–Crippen LogP) is 0.365. The third-order valence-electron chi connectivity index (χ3n) is 1.82. The zero-order valence-corrected chi connectivity index (χ0v) is 7.88. The Balaban J connectivity index is 2.31. The van der Waals surface area contributed by atoms with E-state index in [2.05, 4.69) is 15.9 Å². The van der Waals surface area contributed by atoms with E-state index in [-0.39, 0.29) is 12.0 Å². The summed E-state index contributed by atoms with van der Waals surface area (Å²) in [5, 5.41) is 9.82. The summed E-state index contributed by atoms with van der Waals surface area (Å²) in [4.78, 5) is 12.9. The van der Waals surface area contributed by atoms with E-state index in [0.29, 0.717) is 24.8 Å². The molecule has 0 unspecified atom stereocenters. The average Bonchev–Trinajstić information content (AvgIpc) is 2.36. The van der Waals surface area contributed by atoms with Crippen molar-refractivity contribution in [1.82, 2.24) is 4.90 Å². The lowest BCUT2D eigenvalue weighted by molar-refractivity contribution is -0.130. The molecule has 1 aliphatic heterocycles. The Morgan fingerprint density at radius 1 is 1.73 bits per heavy atom. The Bertz CT molecular complexity index is 151. The maximum atomic E-state index is 11.2. The highest BCUT2D eigenvalue weighted by Crippen LogP contribution is 2.10. The van der Waals surface area contributed by atoms with Crippen LogP contribution in [0.4, 0.5) is 0 Å². The third-order valence-corrected chi connectivity index (χ3v) is 2.22. The summed E-state index contributed by atoms with van der Waals surface area (Å²) in [6, 6.07) is 0. The number of nitrogens with zero attached hydrogens (tertiary/aromatic N) is 1. The number of amides is 1. The van der Waals surface area contributed by atoms with Gasteiger partial charge in [0.15, 0.2) is 0 Å². The van der Waals surface area contributed by atoms with Crippen LogP contribution in [-0.2, 0) is 4.79 Å². The van der Waals surface area contributed by atoms with Gasteiger partial charge in [0.2, 0.25) is 5.91 Å². The lowest BCUT2D eigenvalue weighted by atomic mass is 10.3. The summed E-state index contributed by atoms with van der Waals surface area (Å²) in [5.74, 6) is 0.137. The second kappa shape index (κ2) is 4.07. The molecular weight excluding hydrogens is 210 g/mol. The Morgan fingerprint density at radius 3 is 2.91 bits per heavy atom. The number of likely N-dealkylation sites (tertiary alicyclic amines) is 1. The largest absolute Gasteiger partial charge is 0.391 e. The van der Waals surface area contributed by atoms with Crippen LogP contribution in [0.5, 0.6) is 0 Å². The minimum absolute atomic E-state index is 0.137. The molecule has 1 N–H and O–H groups in total. The van der Waals surface area contributed by atoms with Crippen LogP contribution >= 0.6 is 15.9 Å². The van der Waals surface area contributed by atoms with Crippen molar-refractivity contribution in [2.24, 2.45) is 0 Å². The summed E-state index contributed by atoms with van der Waals surface area (Å²) >= 11 is 3.20. The number of rotatable bonds is 2. The van der Waals surface area contributed by atoms with E-state index in [4.69, 9.17) is 5.11 Å². The molecule has 1 amide bonds. The Morgan fingerprint density at radius 2 is 2.45 bits per heavy atom. The maximum Gasteiger partial charge on any atom is 0.223 e. The molecule has 1 rings (SSSR count). The lowest BCUT2D eigenvalue weighted by Gasteiger charge is -2.13. The molecule has 1 atom stereocenters. The number of alkyl halides is 1. The second-order valence-electron chi connectivity index (χ2n) is 2.72. The first-order valence-electron chi connectivity index (χ1n) is 3.76. The van der Waals surface area contributed by atoms with Crippen LogP contribution in [0.15, 0.2) is 0 Å². The molecule has 0 radical (unpaired) electrons. The number of halogens is 1. The standard InChI is InChI=1S/C7H12BrNO2/c8-3-1-7(11)9-4-2-6(10)5-9/h6,10H,1-5H2/t6-/m1/s1. The molecule has 1 aliphatic rings. The van der Waals surface area contributed by atoms with Gasteiger partial charge in [0.05, 0.1) is 6.10 Å². The topological polar surface area (TPSA) is 40.5 Å². The molecule has 0 bridgehead atoms. The molecule has 64 valence electrons. The van der Waals surface area contributed by atoms with E-state index >= 15 is 0 Å². The van der Waals surface area contributed by atoms with Crippen molar-refractivity contribution in [2.45, 2.75) is 18.9 Å². The zero-order valence-electron chi connectivity index (χ0n) is 6.29. The molecule has 1 saturated heterocycles. The van der Waals surface area contributed by atoms with Crippen molar-refractivity contribution in [1.29, 1.82) is 0 Å². The van der Waals surface area contributed by atoms with E-state index < -0.39 is 0 Å². The predicted molar refractivity (Wildman–Crippen MR) is 45.6 cm³/mol. The molecule has 3 nitrogen and oxygen atoms in total. The molecule has 0 saturated carbocycles. The van der Waals surface area contributed by atoms with Crippen molar-refractivity contribution in [2.75, 3.05) is 18.4 Å². The molecule has 1 heterocycles. The smallest absolute Gasteiger partial charge is 0.223 e. The van der Waals surface area contributed by atoms with Gasteiger partial charge in [-0.25, -0.2) is 0 Å². The van der Waals surface area contributed by atoms with Crippen LogP contribution in [0.3, 0.4) is 0 Å². The SMILES string of the molecule is O=C(CCBr)N1CC[C@@H](O)C1. The number of aliphatic hydroxyl groups is 1. The van der Waals surface area contributed by atoms with Crippen LogP contribution in [0.25, 0.3) is 0 Å². The summed E-state index contributed by atoms with van der Waals surface area (Å²) in [7, 11) is 0. The zero-order chi connectivity index (χ0) is 8.27. The van der Waals surface area contributed by atoms with Gasteiger partial charge in [-0.15, -0.1) is 0 Å². The fourth-order valence-corrected chi connectivity index (χ4v) is 1.55. The lowest BCUT2D eigenvalue weighted by Crippen LogP contribution is -2.29. The van der Waals surface area contributed by atoms with Crippen LogP contribution in [0.1, 0.15) is 12.8 Å². The number of carbonyl (C=O) groups excluding carboxylic acids is 1. The van der Waals surface area contributed by atoms with Crippen molar-refractivity contribution in [3.8, 4) is 0 Å². The van der Waals surface area contributed by atoms with Crippen molar-refractivity contribution >= 4 is 21.8 Å². The van der Waals surface area contributed by atoms with Gasteiger partial charge in [0.25, 0.3) is 0 Å². The molecule has 1 fully saturated rings. The van der Waals surface area contributed by atoms with E-state index in [1.165, 1.54) is 0 Å². The van der Waals surface area contributed by atoms with Crippen molar-refractivity contribution in [3.63, 3.8) is 0 Å². The Hall–Kier alpha value is -0.0900. The van der Waals surface area contributed by atoms with Crippen LogP contribution in [-0.4, -0.2) is 40.4 Å². The van der Waals surface area contributed by atoms with E-state index in [1.807, 2.05) is 0 Å². The first-order valence-corrected chi connectivity index (χ1v) is 4.88. The summed E-state index contributed by atoms with van der Waals surface area (Å²) in [6.45, 7) is 1.23. The quantitative estimate of drug-likeness (QED) is 0.685. The minimum Gasteiger partial charge on any atom is -0.391 e. The van der Waals surface area contributed by atoms with Gasteiger partial charge in [-0.1, -0.05) is 15.9 Å². The van der Waals surface area contributed by atoms with Gasteiger partial charge in [-0.2, -0.15) is 0 Å². The summed E-state index contributed by atoms with van der Waals surface area (Å²) < 4.78 is 0. The molecular formula is C7H12BrNO2. The Kier molecular flexibility index (Phi) is 3.33. The number of β-amino-alcohol motifs (C(OH)–C–C–N with tert-alkyl or cyclic N) is 1. The first kappa shape index (κ1) is 9.00. The molecule has 0 spiro atoms. The highest BCUT2D eigenvalue weighted by molar-refractivity contribution is 9.09. The van der Waals surface area contributed by atoms with Gasteiger partial charge in [0.1, 0.15) is 0 Å². The van der Waals surface area contributed by atoms with Gasteiger partial charge < -0.3 is 10.0 Å². The van der Waals surface area contributed by atoms with Crippen LogP contribution < -0.4 is 0 Å². The number of hydrogen-bond donors (Lipinski definition) is 1. The molecule has 4 heteroatoms. The number of carbonyl (C=O) groups is 1. The number of hydrogen-bond acceptors (Lipinski definition) is 2. The summed E-state index contributed by atoms with van der Waals surface area (Å²) in [5.41, 5.74) is 0. The van der Waals surface area contributed by atoms with Gasteiger partial charge in [0, 0.05) is 24.8 Å². The molecule has 11 heavy (non-hydrogen) atoms. The van der Waals surface area contributed by atoms with Gasteiger partial charge >= 0.3 is 0 Å². The molecule has 0 aromatic heterocycles. The molecule has 0 aliphatic carbocycles. The summed E-state index contributed by atoms with van der Waals surface area (Å²) in [6.07, 6.45) is 0.968. The fraction of sp³-hybridized carbons (Fsp3) is 0.857. The van der Waals surface area contributed by atoms with E-state index in [0.717, 1.165) is 6.42 Å². The van der Waals surface area contributed by atoms with E-state index in [1.54, 1.807) is 4.90 Å². The van der Waals surface area contributed by atoms with E-state index in [9.17, 15) is 4.79 Å². The fourth-order valence-electron chi connectivity index (χ4n) is 1.21. The Labute approximate surface area is 74.5 Å². The normalized spacial score (nSPS) is 24.2. The highest BCUT2D eigenvalue weighted by Gasteiger charge is 2.23. The maximum absolute atomic E-state index is 11.2. The number of aliphatic hydroxyl groups excluding tert-OH is 1. The first-order chi connectivity index (χ1) is 5.24. The third kappa shape index (κ3) is 2.45. The minimum atomic E-state index is -0.297. The van der Waals surface area contributed by atoms with Gasteiger partial charge in [-0.05, 0) is 6.42 Å². The van der Waals surface area contributed by atoms with Crippen molar-refractivity contribution in [3.05, 3.63) is 0 Å². The van der Waals surface area contributed by atoms with Crippen molar-refractivity contribution < 1.29 is 9.90 Å². The highest BCUT2D eigenvalue weighted by atomic mass is 79.9. The molecule has 0 aromatic rings.